The lowest BCUT2D eigenvalue weighted by molar-refractivity contribution is 0.0442. The molecule has 4 rings (SSSR count). The zero-order chi connectivity index (χ0) is 17.9. The minimum absolute atomic E-state index is 0.165. The van der Waals surface area contributed by atoms with Gasteiger partial charge >= 0.3 is 0 Å². The number of hydrogen-bond acceptors (Lipinski definition) is 3. The average molecular weight is 347 g/mol. The van der Waals surface area contributed by atoms with Crippen molar-refractivity contribution >= 4 is 0 Å². The third kappa shape index (κ3) is 3.57. The Morgan fingerprint density at radius 1 is 1.04 bits per heavy atom. The van der Waals surface area contributed by atoms with Gasteiger partial charge in [-0.1, -0.05) is 48.5 Å². The van der Waals surface area contributed by atoms with Gasteiger partial charge in [0.15, 0.2) is 0 Å². The van der Waals surface area contributed by atoms with Gasteiger partial charge in [0.05, 0.1) is 17.5 Å². The monoisotopic (exact) mass is 347 g/mol. The summed E-state index contributed by atoms with van der Waals surface area (Å²) in [6, 6.07) is 21.0. The van der Waals surface area contributed by atoms with Crippen LogP contribution in [0, 0.1) is 0 Å². The number of benzene rings is 2. The largest absolute Gasteiger partial charge is 0.393 e. The Morgan fingerprint density at radius 2 is 1.73 bits per heavy atom. The molecule has 0 unspecified atom stereocenters. The van der Waals surface area contributed by atoms with Gasteiger partial charge in [0.2, 0.25) is 0 Å². The Balaban J connectivity index is 1.69. The molecule has 1 N–H and O–H groups in total. The van der Waals surface area contributed by atoms with E-state index in [2.05, 4.69) is 54.4 Å². The van der Waals surface area contributed by atoms with Crippen LogP contribution in [0.4, 0.5) is 0 Å². The Labute approximate surface area is 154 Å². The maximum Gasteiger partial charge on any atom is 0.0972 e. The van der Waals surface area contributed by atoms with Crippen molar-refractivity contribution in [2.45, 2.75) is 38.5 Å². The normalized spacial score (nSPS) is 21.0. The number of rotatable bonds is 4. The molecular formula is C22H25N3O. The van der Waals surface area contributed by atoms with E-state index in [1.807, 2.05) is 28.9 Å². The van der Waals surface area contributed by atoms with Crippen LogP contribution < -0.4 is 0 Å². The van der Waals surface area contributed by atoms with Crippen LogP contribution in [0.3, 0.4) is 0 Å². The van der Waals surface area contributed by atoms with Crippen LogP contribution in [-0.2, 0) is 6.54 Å². The molecule has 1 fully saturated rings. The molecular weight excluding hydrogens is 322 g/mol. The summed E-state index contributed by atoms with van der Waals surface area (Å²) in [6.45, 7) is 3.98. The number of likely N-dealkylation sites (tertiary alicyclic amines) is 1. The maximum atomic E-state index is 9.91. The van der Waals surface area contributed by atoms with Crippen molar-refractivity contribution in [3.05, 3.63) is 72.4 Å². The summed E-state index contributed by atoms with van der Waals surface area (Å²) >= 11 is 0. The van der Waals surface area contributed by atoms with Gasteiger partial charge in [-0.2, -0.15) is 5.10 Å². The first-order valence-electron chi connectivity index (χ1n) is 9.32. The SMILES string of the molecule is C[C@H]1C[C@@H](O)CCN1Cc1cn(-c2ccccc2)nc1-c1ccccc1. The molecule has 2 aromatic carbocycles. The molecule has 1 aliphatic heterocycles. The topological polar surface area (TPSA) is 41.3 Å². The highest BCUT2D eigenvalue weighted by Gasteiger charge is 2.25. The summed E-state index contributed by atoms with van der Waals surface area (Å²) in [7, 11) is 0. The molecule has 0 spiro atoms. The van der Waals surface area contributed by atoms with E-state index in [0.29, 0.717) is 6.04 Å². The number of aliphatic hydroxyl groups is 1. The van der Waals surface area contributed by atoms with Crippen LogP contribution in [0.1, 0.15) is 25.3 Å². The van der Waals surface area contributed by atoms with Crippen molar-refractivity contribution in [1.29, 1.82) is 0 Å². The van der Waals surface area contributed by atoms with E-state index >= 15 is 0 Å². The number of hydrogen-bond donors (Lipinski definition) is 1. The minimum atomic E-state index is -0.165. The third-order valence-corrected chi connectivity index (χ3v) is 5.22. The Hall–Kier alpha value is -2.43. The number of nitrogens with zero attached hydrogens (tertiary/aromatic N) is 3. The smallest absolute Gasteiger partial charge is 0.0972 e. The highest BCUT2D eigenvalue weighted by Crippen LogP contribution is 2.27. The summed E-state index contributed by atoms with van der Waals surface area (Å²) < 4.78 is 1.97. The van der Waals surface area contributed by atoms with E-state index in [1.54, 1.807) is 0 Å². The van der Waals surface area contributed by atoms with E-state index < -0.39 is 0 Å². The third-order valence-electron chi connectivity index (χ3n) is 5.22. The fraction of sp³-hybridized carbons (Fsp3) is 0.318. The van der Waals surface area contributed by atoms with Crippen LogP contribution in [0.25, 0.3) is 16.9 Å². The molecule has 134 valence electrons. The van der Waals surface area contributed by atoms with Gasteiger partial charge in [0.1, 0.15) is 0 Å². The molecule has 0 radical (unpaired) electrons. The second-order valence-corrected chi connectivity index (χ2v) is 7.15. The van der Waals surface area contributed by atoms with Crippen molar-refractivity contribution in [2.24, 2.45) is 0 Å². The molecule has 0 amide bonds. The number of piperidine rings is 1. The van der Waals surface area contributed by atoms with Gasteiger partial charge in [-0.15, -0.1) is 0 Å². The van der Waals surface area contributed by atoms with E-state index in [9.17, 15) is 5.11 Å². The van der Waals surface area contributed by atoms with E-state index in [1.165, 1.54) is 5.56 Å². The molecule has 4 nitrogen and oxygen atoms in total. The molecule has 1 aliphatic rings. The van der Waals surface area contributed by atoms with Crippen LogP contribution in [0.5, 0.6) is 0 Å². The van der Waals surface area contributed by atoms with E-state index in [-0.39, 0.29) is 6.10 Å². The first-order valence-corrected chi connectivity index (χ1v) is 9.32. The predicted octanol–water partition coefficient (Wildman–Crippen LogP) is 3.88. The molecule has 26 heavy (non-hydrogen) atoms. The lowest BCUT2D eigenvalue weighted by Crippen LogP contribution is -2.42. The van der Waals surface area contributed by atoms with Gasteiger partial charge in [0.25, 0.3) is 0 Å². The summed E-state index contributed by atoms with van der Waals surface area (Å²) in [4.78, 5) is 2.45. The lowest BCUT2D eigenvalue weighted by atomic mass is 9.99. The number of aromatic nitrogens is 2. The molecule has 3 aromatic rings. The first kappa shape index (κ1) is 17.0. The van der Waals surface area contributed by atoms with E-state index in [0.717, 1.165) is 42.9 Å². The zero-order valence-corrected chi connectivity index (χ0v) is 15.1. The minimum Gasteiger partial charge on any atom is -0.393 e. The van der Waals surface area contributed by atoms with Crippen molar-refractivity contribution in [3.8, 4) is 16.9 Å². The fourth-order valence-corrected chi connectivity index (χ4v) is 3.73. The second kappa shape index (κ2) is 7.44. The van der Waals surface area contributed by atoms with Crippen molar-refractivity contribution in [1.82, 2.24) is 14.7 Å². The standard InChI is InChI=1S/C22H25N3O/c1-17-14-21(26)12-13-24(17)15-19-16-25(20-10-6-3-7-11-20)23-22(19)18-8-4-2-5-9-18/h2-11,16-17,21,26H,12-15H2,1H3/t17-,21-/m0/s1. The van der Waals surface area contributed by atoms with Crippen molar-refractivity contribution < 1.29 is 5.11 Å². The van der Waals surface area contributed by atoms with E-state index in [4.69, 9.17) is 5.10 Å². The molecule has 2 atom stereocenters. The Morgan fingerprint density at radius 3 is 2.42 bits per heavy atom. The maximum absolute atomic E-state index is 9.91. The number of para-hydroxylation sites is 1. The van der Waals surface area contributed by atoms with Gasteiger partial charge in [-0.05, 0) is 31.9 Å². The Bertz CT molecular complexity index is 844. The first-order chi connectivity index (χ1) is 12.7. The van der Waals surface area contributed by atoms with Gasteiger partial charge < -0.3 is 5.11 Å². The van der Waals surface area contributed by atoms with Crippen LogP contribution in [0.2, 0.25) is 0 Å². The zero-order valence-electron chi connectivity index (χ0n) is 15.1. The van der Waals surface area contributed by atoms with Crippen molar-refractivity contribution in [2.75, 3.05) is 6.54 Å². The summed E-state index contributed by atoms with van der Waals surface area (Å²) in [5, 5.41) is 14.8. The molecule has 0 saturated carbocycles. The molecule has 0 aliphatic carbocycles. The molecule has 2 heterocycles. The highest BCUT2D eigenvalue weighted by atomic mass is 16.3. The quantitative estimate of drug-likeness (QED) is 0.779. The molecule has 1 aromatic heterocycles. The van der Waals surface area contributed by atoms with Gasteiger partial charge in [-0.25, -0.2) is 4.68 Å². The van der Waals surface area contributed by atoms with Crippen molar-refractivity contribution in [3.63, 3.8) is 0 Å². The lowest BCUT2D eigenvalue weighted by Gasteiger charge is -2.35. The van der Waals surface area contributed by atoms with Crippen LogP contribution in [-0.4, -0.2) is 38.5 Å². The molecule has 1 saturated heterocycles. The summed E-state index contributed by atoms with van der Waals surface area (Å²) in [6.07, 6.45) is 3.67. The fourth-order valence-electron chi connectivity index (χ4n) is 3.73. The average Bonchev–Trinajstić information content (AvgIpc) is 3.09. The summed E-state index contributed by atoms with van der Waals surface area (Å²) in [5.74, 6) is 0. The molecule has 4 heteroatoms. The predicted molar refractivity (Wildman–Crippen MR) is 104 cm³/mol. The summed E-state index contributed by atoms with van der Waals surface area (Å²) in [5.41, 5.74) is 4.47. The highest BCUT2D eigenvalue weighted by molar-refractivity contribution is 5.63. The number of aliphatic hydroxyl groups excluding tert-OH is 1. The van der Waals surface area contributed by atoms with Crippen LogP contribution in [0.15, 0.2) is 66.9 Å². The second-order valence-electron chi connectivity index (χ2n) is 7.15. The van der Waals surface area contributed by atoms with Gasteiger partial charge in [0, 0.05) is 36.5 Å². The Kier molecular flexibility index (Phi) is 4.87. The van der Waals surface area contributed by atoms with Crippen LogP contribution >= 0.6 is 0 Å². The van der Waals surface area contributed by atoms with Gasteiger partial charge in [-0.3, -0.25) is 4.90 Å². The molecule has 0 bridgehead atoms.